The summed E-state index contributed by atoms with van der Waals surface area (Å²) in [4.78, 5) is 4.24. The van der Waals surface area contributed by atoms with Crippen LogP contribution in [0, 0.1) is 6.92 Å². The fraction of sp³-hybridized carbons (Fsp3) is 0.400. The van der Waals surface area contributed by atoms with E-state index in [4.69, 9.17) is 17.0 Å². The van der Waals surface area contributed by atoms with E-state index in [-0.39, 0.29) is 0 Å². The highest BCUT2D eigenvalue weighted by atomic mass is 79.9. The van der Waals surface area contributed by atoms with E-state index in [0.29, 0.717) is 24.1 Å². The van der Waals surface area contributed by atoms with Crippen molar-refractivity contribution in [3.05, 3.63) is 20.7 Å². The molecule has 0 aliphatic heterocycles. The largest absolute Gasteiger partial charge is 0.383 e. The van der Waals surface area contributed by atoms with Crippen molar-refractivity contribution >= 4 is 55.0 Å². The van der Waals surface area contributed by atoms with Gasteiger partial charge in [-0.3, -0.25) is 0 Å². The smallest absolute Gasteiger partial charge is 0.172 e. The van der Waals surface area contributed by atoms with Crippen molar-refractivity contribution in [2.24, 2.45) is 0 Å². The Kier molecular flexibility index (Phi) is 6.32. The molecule has 0 saturated carbocycles. The summed E-state index contributed by atoms with van der Waals surface area (Å²) >= 11 is 12.0. The minimum Gasteiger partial charge on any atom is -0.383 e. The molecule has 1 aromatic heterocycles. The lowest BCUT2D eigenvalue weighted by Crippen LogP contribution is -2.31. The van der Waals surface area contributed by atoms with Crippen molar-refractivity contribution in [3.8, 4) is 0 Å². The molecule has 0 amide bonds. The number of aromatic nitrogens is 1. The second-order valence-electron chi connectivity index (χ2n) is 3.27. The first-order chi connectivity index (χ1) is 8.06. The van der Waals surface area contributed by atoms with Crippen molar-refractivity contribution < 1.29 is 4.74 Å². The second kappa shape index (κ2) is 7.25. The van der Waals surface area contributed by atoms with E-state index in [2.05, 4.69) is 47.5 Å². The molecule has 1 heterocycles. The molecule has 1 aromatic rings. The zero-order chi connectivity index (χ0) is 12.8. The van der Waals surface area contributed by atoms with Crippen LogP contribution in [0.4, 0.5) is 5.82 Å². The van der Waals surface area contributed by atoms with Crippen LogP contribution >= 0.6 is 44.1 Å². The van der Waals surface area contributed by atoms with Crippen LogP contribution in [0.5, 0.6) is 0 Å². The lowest BCUT2D eigenvalue weighted by molar-refractivity contribution is 0.204. The van der Waals surface area contributed by atoms with E-state index in [1.807, 2.05) is 6.92 Å². The number of hydrogen-bond donors (Lipinski definition) is 2. The number of halogens is 2. The molecule has 1 rings (SSSR count). The molecule has 0 spiro atoms. The topological polar surface area (TPSA) is 46.2 Å². The lowest BCUT2D eigenvalue weighted by atomic mass is 10.3. The molecule has 0 radical (unpaired) electrons. The fourth-order valence-electron chi connectivity index (χ4n) is 1.06. The summed E-state index contributed by atoms with van der Waals surface area (Å²) in [6.45, 7) is 3.26. The van der Waals surface area contributed by atoms with E-state index in [1.54, 1.807) is 13.3 Å². The minimum atomic E-state index is 0.525. The Bertz CT molecular complexity index is 415. The number of pyridine rings is 1. The molecule has 0 aromatic carbocycles. The van der Waals surface area contributed by atoms with Gasteiger partial charge in [-0.25, -0.2) is 4.98 Å². The van der Waals surface area contributed by atoms with Gasteiger partial charge in [0.15, 0.2) is 5.11 Å². The number of nitrogens with one attached hydrogen (secondary N) is 2. The van der Waals surface area contributed by atoms with E-state index in [1.165, 1.54) is 0 Å². The third-order valence-electron chi connectivity index (χ3n) is 2.03. The van der Waals surface area contributed by atoms with Gasteiger partial charge in [-0.15, -0.1) is 0 Å². The first-order valence-corrected chi connectivity index (χ1v) is 6.90. The number of anilines is 1. The van der Waals surface area contributed by atoms with Gasteiger partial charge in [-0.1, -0.05) is 0 Å². The lowest BCUT2D eigenvalue weighted by Gasteiger charge is -2.12. The average Bonchev–Trinajstić information content (AvgIpc) is 2.30. The number of thiocarbonyl (C=S) groups is 1. The highest BCUT2D eigenvalue weighted by Gasteiger charge is 2.08. The number of ether oxygens (including phenoxy) is 1. The van der Waals surface area contributed by atoms with E-state index in [9.17, 15) is 0 Å². The van der Waals surface area contributed by atoms with Gasteiger partial charge in [0.2, 0.25) is 0 Å². The van der Waals surface area contributed by atoms with Crippen LogP contribution in [-0.2, 0) is 4.74 Å². The van der Waals surface area contributed by atoms with Gasteiger partial charge in [0.25, 0.3) is 0 Å². The van der Waals surface area contributed by atoms with E-state index < -0.39 is 0 Å². The molecule has 0 unspecified atom stereocenters. The van der Waals surface area contributed by atoms with Gasteiger partial charge in [0, 0.05) is 24.3 Å². The summed E-state index contributed by atoms with van der Waals surface area (Å²) in [6, 6.07) is 0. The van der Waals surface area contributed by atoms with Crippen LogP contribution in [0.1, 0.15) is 5.56 Å². The zero-order valence-electron chi connectivity index (χ0n) is 9.51. The first-order valence-electron chi connectivity index (χ1n) is 4.90. The minimum absolute atomic E-state index is 0.525. The number of nitrogens with zero attached hydrogens (tertiary/aromatic N) is 1. The first kappa shape index (κ1) is 14.8. The van der Waals surface area contributed by atoms with Crippen LogP contribution in [0.25, 0.3) is 0 Å². The third kappa shape index (κ3) is 4.50. The quantitative estimate of drug-likeness (QED) is 0.619. The van der Waals surface area contributed by atoms with Crippen LogP contribution in [-0.4, -0.2) is 30.4 Å². The van der Waals surface area contributed by atoms with Crippen molar-refractivity contribution in [2.75, 3.05) is 25.6 Å². The molecule has 4 nitrogen and oxygen atoms in total. The Morgan fingerprint density at radius 1 is 1.53 bits per heavy atom. The van der Waals surface area contributed by atoms with Crippen molar-refractivity contribution in [1.82, 2.24) is 10.3 Å². The molecule has 17 heavy (non-hydrogen) atoms. The van der Waals surface area contributed by atoms with Gasteiger partial charge < -0.3 is 15.4 Å². The van der Waals surface area contributed by atoms with E-state index in [0.717, 1.165) is 14.5 Å². The van der Waals surface area contributed by atoms with Crippen molar-refractivity contribution in [1.29, 1.82) is 0 Å². The monoisotopic (exact) mass is 381 g/mol. The van der Waals surface area contributed by atoms with Gasteiger partial charge >= 0.3 is 0 Å². The van der Waals surface area contributed by atoms with E-state index >= 15 is 0 Å². The number of rotatable bonds is 4. The maximum Gasteiger partial charge on any atom is 0.172 e. The highest BCUT2D eigenvalue weighted by molar-refractivity contribution is 9.11. The van der Waals surface area contributed by atoms with Gasteiger partial charge in [0.05, 0.1) is 11.1 Å². The van der Waals surface area contributed by atoms with Crippen LogP contribution in [0.15, 0.2) is 15.1 Å². The summed E-state index contributed by atoms with van der Waals surface area (Å²) in [7, 11) is 1.65. The van der Waals surface area contributed by atoms with Gasteiger partial charge in [-0.2, -0.15) is 0 Å². The Hall–Kier alpha value is -0.240. The Labute approximate surface area is 123 Å². The summed E-state index contributed by atoms with van der Waals surface area (Å²) < 4.78 is 6.76. The number of hydrogen-bond acceptors (Lipinski definition) is 3. The van der Waals surface area contributed by atoms with Crippen LogP contribution in [0.2, 0.25) is 0 Å². The highest BCUT2D eigenvalue weighted by Crippen LogP contribution is 2.29. The summed E-state index contributed by atoms with van der Waals surface area (Å²) in [5, 5.41) is 6.56. The van der Waals surface area contributed by atoms with Crippen LogP contribution < -0.4 is 10.6 Å². The molecule has 0 atom stereocenters. The Balaban J connectivity index is 2.63. The molecular formula is C10H13Br2N3OS. The molecule has 7 heteroatoms. The predicted molar refractivity (Wildman–Crippen MR) is 80.5 cm³/mol. The molecular weight excluding hydrogens is 370 g/mol. The maximum absolute atomic E-state index is 5.13. The maximum atomic E-state index is 5.13. The Morgan fingerprint density at radius 2 is 2.24 bits per heavy atom. The van der Waals surface area contributed by atoms with Gasteiger partial charge in [0.1, 0.15) is 5.82 Å². The molecule has 0 aliphatic carbocycles. The molecule has 94 valence electrons. The standard InChI is InChI=1S/C10H13Br2N3OS/c1-6-7(11)5-14-9(8(6)12)15-10(17)13-3-4-16-2/h5H,3-4H2,1-2H3,(H2,13,14,15,17). The zero-order valence-corrected chi connectivity index (χ0v) is 13.5. The average molecular weight is 383 g/mol. The summed E-state index contributed by atoms with van der Waals surface area (Å²) in [6.07, 6.45) is 1.74. The molecule has 0 bridgehead atoms. The third-order valence-corrected chi connectivity index (χ3v) is 4.04. The van der Waals surface area contributed by atoms with Crippen molar-refractivity contribution in [3.63, 3.8) is 0 Å². The molecule has 0 fully saturated rings. The molecule has 2 N–H and O–H groups in total. The normalized spacial score (nSPS) is 10.1. The van der Waals surface area contributed by atoms with Crippen molar-refractivity contribution in [2.45, 2.75) is 6.92 Å². The Morgan fingerprint density at radius 3 is 2.88 bits per heavy atom. The number of methoxy groups -OCH3 is 1. The molecule has 0 aliphatic rings. The van der Waals surface area contributed by atoms with Gasteiger partial charge in [-0.05, 0) is 56.6 Å². The fourth-order valence-corrected chi connectivity index (χ4v) is 2.24. The second-order valence-corrected chi connectivity index (χ2v) is 5.32. The predicted octanol–water partition coefficient (Wildman–Crippen LogP) is 2.85. The summed E-state index contributed by atoms with van der Waals surface area (Å²) in [5.74, 6) is 0.695. The SMILES string of the molecule is COCCNC(=S)Nc1ncc(Br)c(C)c1Br. The summed E-state index contributed by atoms with van der Waals surface area (Å²) in [5.41, 5.74) is 1.07. The van der Waals surface area contributed by atoms with Crippen LogP contribution in [0.3, 0.4) is 0 Å². The molecule has 0 saturated heterocycles.